The van der Waals surface area contributed by atoms with Crippen LogP contribution in [0.4, 0.5) is 17.5 Å². The predicted octanol–water partition coefficient (Wildman–Crippen LogP) is 1.00. The van der Waals surface area contributed by atoms with Crippen LogP contribution in [0.25, 0.3) is 0 Å². The summed E-state index contributed by atoms with van der Waals surface area (Å²) < 4.78 is 33.0. The molecule has 3 heterocycles. The number of piperazine rings is 1. The topological polar surface area (TPSA) is 117 Å². The molecule has 33 heavy (non-hydrogen) atoms. The second-order valence-electron chi connectivity index (χ2n) is 8.52. The van der Waals surface area contributed by atoms with Gasteiger partial charge in [0, 0.05) is 56.7 Å². The van der Waals surface area contributed by atoms with Crippen LogP contribution in [-0.4, -0.2) is 98.6 Å². The summed E-state index contributed by atoms with van der Waals surface area (Å²) in [5.74, 6) is 0.786. The molecule has 2 fully saturated rings. The average Bonchev–Trinajstić information content (AvgIpc) is 2.82. The van der Waals surface area contributed by atoms with Gasteiger partial charge in [-0.15, -0.1) is 0 Å². The Morgan fingerprint density at radius 3 is 2.61 bits per heavy atom. The number of aromatic nitrogens is 2. The van der Waals surface area contributed by atoms with Crippen LogP contribution in [0.5, 0.6) is 0 Å². The molecule has 0 amide bonds. The third-order valence-electron chi connectivity index (χ3n) is 6.11. The lowest BCUT2D eigenvalue weighted by atomic mass is 10.1. The van der Waals surface area contributed by atoms with E-state index in [0.717, 1.165) is 64.3 Å². The summed E-state index contributed by atoms with van der Waals surface area (Å²) in [6.45, 7) is 6.96. The van der Waals surface area contributed by atoms with E-state index in [2.05, 4.69) is 25.1 Å². The minimum atomic E-state index is -3.55. The number of rotatable bonds is 8. The van der Waals surface area contributed by atoms with Gasteiger partial charge in [0.2, 0.25) is 16.0 Å². The lowest BCUT2D eigenvalue weighted by Crippen LogP contribution is -2.47. The van der Waals surface area contributed by atoms with E-state index in [4.69, 9.17) is 10.5 Å². The Bertz CT molecular complexity index is 1040. The molecule has 2 aliphatic heterocycles. The molecule has 11 heteroatoms. The highest BCUT2D eigenvalue weighted by atomic mass is 32.2. The van der Waals surface area contributed by atoms with Crippen LogP contribution in [-0.2, 0) is 21.2 Å². The Morgan fingerprint density at radius 1 is 1.12 bits per heavy atom. The molecule has 0 unspecified atom stereocenters. The van der Waals surface area contributed by atoms with Crippen molar-refractivity contribution in [3.8, 4) is 0 Å². The lowest BCUT2D eigenvalue weighted by Gasteiger charge is -2.31. The first-order valence-corrected chi connectivity index (χ1v) is 12.8. The SMILES string of the molecule is CN1CCN(S(=O)(=O)c2cccc(Nc3ncc(CCCN4CCOCC4)c(N)n3)c2)CC1. The standard InChI is InChI=1S/C22H33N7O3S/c1-27-8-10-29(11-9-27)33(30,31)20-6-2-5-19(16-20)25-22-24-17-18(21(23)26-22)4-3-7-28-12-14-32-15-13-28/h2,5-6,16-17H,3-4,7-15H2,1H3,(H3,23,24,25,26). The number of sulfonamides is 1. The van der Waals surface area contributed by atoms with E-state index in [9.17, 15) is 8.42 Å². The molecule has 1 aromatic carbocycles. The maximum atomic E-state index is 13.0. The molecule has 0 spiro atoms. The van der Waals surface area contributed by atoms with E-state index in [1.54, 1.807) is 30.5 Å². The summed E-state index contributed by atoms with van der Waals surface area (Å²) in [4.78, 5) is 13.5. The van der Waals surface area contributed by atoms with E-state index in [0.29, 0.717) is 30.5 Å². The monoisotopic (exact) mass is 475 g/mol. The van der Waals surface area contributed by atoms with Gasteiger partial charge >= 0.3 is 0 Å². The van der Waals surface area contributed by atoms with Gasteiger partial charge in [0.1, 0.15) is 5.82 Å². The zero-order valence-corrected chi connectivity index (χ0v) is 19.9. The molecule has 0 atom stereocenters. The molecule has 2 saturated heterocycles. The minimum Gasteiger partial charge on any atom is -0.383 e. The number of hydrogen-bond donors (Lipinski definition) is 2. The minimum absolute atomic E-state index is 0.254. The number of hydrogen-bond acceptors (Lipinski definition) is 9. The van der Waals surface area contributed by atoms with Gasteiger partial charge in [0.15, 0.2) is 0 Å². The number of nitrogens with one attached hydrogen (secondary N) is 1. The number of anilines is 3. The highest BCUT2D eigenvalue weighted by Crippen LogP contribution is 2.23. The van der Waals surface area contributed by atoms with Crippen LogP contribution in [0, 0.1) is 0 Å². The van der Waals surface area contributed by atoms with E-state index in [1.807, 2.05) is 7.05 Å². The van der Waals surface area contributed by atoms with E-state index in [-0.39, 0.29) is 4.90 Å². The summed E-state index contributed by atoms with van der Waals surface area (Å²) in [5.41, 5.74) is 7.69. The quantitative estimate of drug-likeness (QED) is 0.577. The molecule has 3 N–H and O–H groups in total. The Hall–Kier alpha value is -2.31. The van der Waals surface area contributed by atoms with Crippen LogP contribution in [0.1, 0.15) is 12.0 Å². The second-order valence-corrected chi connectivity index (χ2v) is 10.5. The van der Waals surface area contributed by atoms with Crippen molar-refractivity contribution in [2.24, 2.45) is 0 Å². The number of nitrogen functional groups attached to an aromatic ring is 1. The van der Waals surface area contributed by atoms with Gasteiger partial charge in [-0.25, -0.2) is 13.4 Å². The zero-order chi connectivity index (χ0) is 23.3. The number of nitrogens with two attached hydrogens (primary N) is 1. The maximum Gasteiger partial charge on any atom is 0.243 e. The molecule has 2 aromatic rings. The Morgan fingerprint density at radius 2 is 1.88 bits per heavy atom. The van der Waals surface area contributed by atoms with Gasteiger partial charge in [-0.2, -0.15) is 9.29 Å². The first-order valence-electron chi connectivity index (χ1n) is 11.4. The summed E-state index contributed by atoms with van der Waals surface area (Å²) in [6.07, 6.45) is 3.53. The molecule has 2 aliphatic rings. The normalized spacial score (nSPS) is 18.9. The lowest BCUT2D eigenvalue weighted by molar-refractivity contribution is 0.0374. The van der Waals surface area contributed by atoms with Crippen molar-refractivity contribution in [3.63, 3.8) is 0 Å². The Balaban J connectivity index is 1.37. The van der Waals surface area contributed by atoms with E-state index in [1.165, 1.54) is 4.31 Å². The van der Waals surface area contributed by atoms with E-state index >= 15 is 0 Å². The van der Waals surface area contributed by atoms with Crippen molar-refractivity contribution in [3.05, 3.63) is 36.0 Å². The van der Waals surface area contributed by atoms with Crippen LogP contribution < -0.4 is 11.1 Å². The number of ether oxygens (including phenoxy) is 1. The van der Waals surface area contributed by atoms with Crippen molar-refractivity contribution in [1.29, 1.82) is 0 Å². The van der Waals surface area contributed by atoms with Crippen molar-refractivity contribution >= 4 is 27.5 Å². The first kappa shape index (κ1) is 23.8. The molecule has 10 nitrogen and oxygen atoms in total. The van der Waals surface area contributed by atoms with Crippen LogP contribution in [0.3, 0.4) is 0 Å². The average molecular weight is 476 g/mol. The molecule has 0 saturated carbocycles. The van der Waals surface area contributed by atoms with Crippen molar-refractivity contribution in [2.45, 2.75) is 17.7 Å². The Kier molecular flexibility index (Phi) is 7.76. The summed E-state index contributed by atoms with van der Waals surface area (Å²) in [6, 6.07) is 6.74. The van der Waals surface area contributed by atoms with Crippen molar-refractivity contribution in [1.82, 2.24) is 24.1 Å². The third kappa shape index (κ3) is 6.18. The molecule has 0 aliphatic carbocycles. The number of likely N-dealkylation sites (N-methyl/N-ethyl adjacent to an activating group) is 1. The highest BCUT2D eigenvalue weighted by molar-refractivity contribution is 7.89. The third-order valence-corrected chi connectivity index (χ3v) is 8.01. The van der Waals surface area contributed by atoms with Crippen LogP contribution in [0.2, 0.25) is 0 Å². The smallest absolute Gasteiger partial charge is 0.243 e. The number of benzene rings is 1. The van der Waals surface area contributed by atoms with Gasteiger partial charge in [-0.1, -0.05) is 6.07 Å². The summed E-state index contributed by atoms with van der Waals surface area (Å²) >= 11 is 0. The van der Waals surface area contributed by atoms with Gasteiger partial charge in [0.25, 0.3) is 0 Å². The fourth-order valence-corrected chi connectivity index (χ4v) is 5.50. The van der Waals surface area contributed by atoms with Gasteiger partial charge in [-0.3, -0.25) is 4.90 Å². The molecular weight excluding hydrogens is 442 g/mol. The predicted molar refractivity (Wildman–Crippen MR) is 128 cm³/mol. The van der Waals surface area contributed by atoms with Crippen LogP contribution >= 0.6 is 0 Å². The Labute approximate surface area is 195 Å². The summed E-state index contributed by atoms with van der Waals surface area (Å²) in [5, 5.41) is 3.09. The largest absolute Gasteiger partial charge is 0.383 e. The molecular formula is C22H33N7O3S. The fourth-order valence-electron chi connectivity index (χ4n) is 4.03. The number of nitrogens with zero attached hydrogens (tertiary/aromatic N) is 5. The van der Waals surface area contributed by atoms with Gasteiger partial charge < -0.3 is 20.7 Å². The molecule has 0 radical (unpaired) electrons. The molecule has 1 aromatic heterocycles. The fraction of sp³-hybridized carbons (Fsp3) is 0.545. The summed E-state index contributed by atoms with van der Waals surface area (Å²) in [7, 11) is -1.55. The van der Waals surface area contributed by atoms with Gasteiger partial charge in [0.05, 0.1) is 18.1 Å². The van der Waals surface area contributed by atoms with E-state index < -0.39 is 10.0 Å². The van der Waals surface area contributed by atoms with Crippen LogP contribution in [0.15, 0.2) is 35.4 Å². The maximum absolute atomic E-state index is 13.0. The second kappa shape index (κ2) is 10.7. The molecule has 180 valence electrons. The number of morpholine rings is 1. The highest BCUT2D eigenvalue weighted by Gasteiger charge is 2.27. The van der Waals surface area contributed by atoms with Gasteiger partial charge in [-0.05, 0) is 44.6 Å². The molecule has 0 bridgehead atoms. The molecule has 4 rings (SSSR count). The van der Waals surface area contributed by atoms with Crippen molar-refractivity contribution < 1.29 is 13.2 Å². The number of aryl methyl sites for hydroxylation is 1. The zero-order valence-electron chi connectivity index (χ0n) is 19.1. The first-order chi connectivity index (χ1) is 15.9. The van der Waals surface area contributed by atoms with Crippen molar-refractivity contribution in [2.75, 3.05) is 77.1 Å².